The van der Waals surface area contributed by atoms with E-state index in [0.29, 0.717) is 6.54 Å². The highest BCUT2D eigenvalue weighted by Crippen LogP contribution is 2.17. The molecule has 0 aliphatic rings. The zero-order chi connectivity index (χ0) is 11.2. The molecule has 4 heteroatoms. The predicted molar refractivity (Wildman–Crippen MR) is 55.0 cm³/mol. The Kier molecular flexibility index (Phi) is 5.05. The number of nitrogens with zero attached hydrogens (tertiary/aromatic N) is 2. The van der Waals surface area contributed by atoms with Crippen molar-refractivity contribution in [2.45, 2.75) is 27.7 Å². The number of azo groups is 1. The van der Waals surface area contributed by atoms with Crippen LogP contribution in [0.25, 0.3) is 0 Å². The Morgan fingerprint density at radius 2 is 2.07 bits per heavy atom. The van der Waals surface area contributed by atoms with Crippen LogP contribution in [0.5, 0.6) is 0 Å². The van der Waals surface area contributed by atoms with E-state index in [1.165, 1.54) is 7.11 Å². The monoisotopic (exact) mass is 198 g/mol. The molecule has 0 aromatic heterocycles. The van der Waals surface area contributed by atoms with Crippen LogP contribution in [0, 0.1) is 5.41 Å². The van der Waals surface area contributed by atoms with Gasteiger partial charge in [0.1, 0.15) is 0 Å². The van der Waals surface area contributed by atoms with Gasteiger partial charge in [-0.15, -0.1) is 0 Å². The van der Waals surface area contributed by atoms with Crippen molar-refractivity contribution in [3.05, 3.63) is 11.8 Å². The highest BCUT2D eigenvalue weighted by atomic mass is 16.5. The van der Waals surface area contributed by atoms with Crippen LogP contribution in [0.1, 0.15) is 27.7 Å². The standard InChI is InChI=1S/C10H18N2O2/c1-6-8(2)12-11-7-10(3,4)9(13)14-5/h6H,7H2,1-5H3/b8-6-,12-11-. The normalized spacial score (nSPS) is 13.4. The Labute approximate surface area is 85.1 Å². The first kappa shape index (κ1) is 12.8. The van der Waals surface area contributed by atoms with Gasteiger partial charge >= 0.3 is 5.97 Å². The van der Waals surface area contributed by atoms with Gasteiger partial charge in [0.25, 0.3) is 0 Å². The highest BCUT2D eigenvalue weighted by molar-refractivity contribution is 5.76. The molecule has 0 atom stereocenters. The first-order valence-corrected chi connectivity index (χ1v) is 4.53. The number of hydrogen-bond acceptors (Lipinski definition) is 4. The van der Waals surface area contributed by atoms with E-state index in [1.54, 1.807) is 13.8 Å². The average molecular weight is 198 g/mol. The molecule has 4 nitrogen and oxygen atoms in total. The van der Waals surface area contributed by atoms with Crippen LogP contribution in [0.3, 0.4) is 0 Å². The second-order valence-corrected chi connectivity index (χ2v) is 3.71. The quantitative estimate of drug-likeness (QED) is 0.515. The Balaban J connectivity index is 4.25. The Hall–Kier alpha value is -1.19. The summed E-state index contributed by atoms with van der Waals surface area (Å²) in [6, 6.07) is 0. The van der Waals surface area contributed by atoms with Crippen LogP contribution < -0.4 is 0 Å². The number of carbonyl (C=O) groups excluding carboxylic acids is 1. The minimum atomic E-state index is -0.605. The number of ether oxygens (including phenoxy) is 1. The molecule has 0 saturated carbocycles. The molecule has 0 aliphatic carbocycles. The molecular weight excluding hydrogens is 180 g/mol. The first-order valence-electron chi connectivity index (χ1n) is 4.53. The smallest absolute Gasteiger partial charge is 0.313 e. The fraction of sp³-hybridized carbons (Fsp3) is 0.700. The summed E-state index contributed by atoms with van der Waals surface area (Å²) in [6.45, 7) is 7.64. The van der Waals surface area contributed by atoms with Crippen molar-refractivity contribution in [3.63, 3.8) is 0 Å². The largest absolute Gasteiger partial charge is 0.469 e. The first-order chi connectivity index (χ1) is 6.44. The number of carbonyl (C=O) groups is 1. The van der Waals surface area contributed by atoms with Crippen LogP contribution in [0.4, 0.5) is 0 Å². The summed E-state index contributed by atoms with van der Waals surface area (Å²) in [5.74, 6) is -0.269. The van der Waals surface area contributed by atoms with Gasteiger partial charge in [-0.05, 0) is 27.7 Å². The molecular formula is C10H18N2O2. The second-order valence-electron chi connectivity index (χ2n) is 3.71. The third-order valence-electron chi connectivity index (χ3n) is 1.85. The van der Waals surface area contributed by atoms with Gasteiger partial charge < -0.3 is 4.74 Å². The lowest BCUT2D eigenvalue weighted by atomic mass is 9.94. The zero-order valence-corrected chi connectivity index (χ0v) is 9.50. The van der Waals surface area contributed by atoms with E-state index in [1.807, 2.05) is 19.9 Å². The molecule has 0 amide bonds. The minimum absolute atomic E-state index is 0.269. The molecule has 0 fully saturated rings. The number of hydrogen-bond donors (Lipinski definition) is 0. The fourth-order valence-corrected chi connectivity index (χ4v) is 0.722. The van der Waals surface area contributed by atoms with E-state index >= 15 is 0 Å². The van der Waals surface area contributed by atoms with Gasteiger partial charge in [-0.1, -0.05) is 6.08 Å². The second kappa shape index (κ2) is 5.52. The van der Waals surface area contributed by atoms with E-state index in [0.717, 1.165) is 5.70 Å². The molecule has 0 bridgehead atoms. The van der Waals surface area contributed by atoms with E-state index in [9.17, 15) is 4.79 Å². The molecule has 0 aromatic rings. The van der Waals surface area contributed by atoms with Gasteiger partial charge in [-0.25, -0.2) is 0 Å². The Morgan fingerprint density at radius 1 is 1.50 bits per heavy atom. The summed E-state index contributed by atoms with van der Waals surface area (Å²) in [5.41, 5.74) is 0.234. The Morgan fingerprint density at radius 3 is 2.50 bits per heavy atom. The fourth-order valence-electron chi connectivity index (χ4n) is 0.722. The summed E-state index contributed by atoms with van der Waals surface area (Å²) in [5, 5.41) is 7.86. The van der Waals surface area contributed by atoms with Crippen LogP contribution in [0.2, 0.25) is 0 Å². The summed E-state index contributed by atoms with van der Waals surface area (Å²) in [7, 11) is 1.37. The molecule has 0 heterocycles. The maximum absolute atomic E-state index is 11.2. The summed E-state index contributed by atoms with van der Waals surface area (Å²) < 4.78 is 4.64. The SMILES string of the molecule is C/C=C(C)\N=N/CC(C)(C)C(=O)OC. The van der Waals surface area contributed by atoms with Crippen LogP contribution >= 0.6 is 0 Å². The molecule has 0 radical (unpaired) electrons. The van der Waals surface area contributed by atoms with Crippen molar-refractivity contribution in [2.24, 2.45) is 15.6 Å². The van der Waals surface area contributed by atoms with Gasteiger partial charge in [0.2, 0.25) is 0 Å². The van der Waals surface area contributed by atoms with E-state index in [4.69, 9.17) is 0 Å². The zero-order valence-electron chi connectivity index (χ0n) is 9.50. The molecule has 0 spiro atoms. The summed E-state index contributed by atoms with van der Waals surface area (Å²) in [6.07, 6.45) is 1.86. The topological polar surface area (TPSA) is 51.0 Å². The minimum Gasteiger partial charge on any atom is -0.469 e. The predicted octanol–water partition coefficient (Wildman–Crippen LogP) is 2.56. The number of allylic oxidation sites excluding steroid dienone is 2. The van der Waals surface area contributed by atoms with Crippen LogP contribution in [-0.2, 0) is 9.53 Å². The average Bonchev–Trinajstić information content (AvgIpc) is 2.15. The van der Waals surface area contributed by atoms with Gasteiger partial charge in [0.15, 0.2) is 0 Å². The maximum atomic E-state index is 11.2. The molecule has 0 aromatic carbocycles. The molecule has 0 rings (SSSR count). The van der Waals surface area contributed by atoms with Gasteiger partial charge in [0.05, 0.1) is 24.8 Å². The third kappa shape index (κ3) is 4.16. The van der Waals surface area contributed by atoms with Crippen molar-refractivity contribution >= 4 is 5.97 Å². The van der Waals surface area contributed by atoms with Crippen LogP contribution in [-0.4, -0.2) is 19.6 Å². The lowest BCUT2D eigenvalue weighted by molar-refractivity contribution is -0.150. The Bertz CT molecular complexity index is 255. The van der Waals surface area contributed by atoms with Gasteiger partial charge in [-0.3, -0.25) is 4.79 Å². The van der Waals surface area contributed by atoms with Crippen molar-refractivity contribution in [1.82, 2.24) is 0 Å². The van der Waals surface area contributed by atoms with Gasteiger partial charge in [-0.2, -0.15) is 10.2 Å². The van der Waals surface area contributed by atoms with Crippen molar-refractivity contribution in [2.75, 3.05) is 13.7 Å². The summed E-state index contributed by atoms with van der Waals surface area (Å²) >= 11 is 0. The van der Waals surface area contributed by atoms with E-state index in [2.05, 4.69) is 15.0 Å². The lowest BCUT2D eigenvalue weighted by Gasteiger charge is -2.17. The highest BCUT2D eigenvalue weighted by Gasteiger charge is 2.28. The molecule has 0 saturated heterocycles. The molecule has 14 heavy (non-hydrogen) atoms. The third-order valence-corrected chi connectivity index (χ3v) is 1.85. The molecule has 80 valence electrons. The number of methoxy groups -OCH3 is 1. The lowest BCUT2D eigenvalue weighted by Crippen LogP contribution is -2.28. The van der Waals surface area contributed by atoms with E-state index < -0.39 is 5.41 Å². The van der Waals surface area contributed by atoms with Crippen molar-refractivity contribution < 1.29 is 9.53 Å². The number of esters is 1. The van der Waals surface area contributed by atoms with Crippen LogP contribution in [0.15, 0.2) is 22.0 Å². The maximum Gasteiger partial charge on any atom is 0.313 e. The molecule has 0 N–H and O–H groups in total. The van der Waals surface area contributed by atoms with E-state index in [-0.39, 0.29) is 5.97 Å². The van der Waals surface area contributed by atoms with Gasteiger partial charge in [0, 0.05) is 0 Å². The molecule has 0 unspecified atom stereocenters. The number of rotatable bonds is 4. The van der Waals surface area contributed by atoms with Crippen molar-refractivity contribution in [3.8, 4) is 0 Å². The van der Waals surface area contributed by atoms with Crippen molar-refractivity contribution in [1.29, 1.82) is 0 Å². The molecule has 0 aliphatic heterocycles. The summed E-state index contributed by atoms with van der Waals surface area (Å²) in [4.78, 5) is 11.2.